The van der Waals surface area contributed by atoms with E-state index in [2.05, 4.69) is 52.9 Å². The molecule has 0 aliphatic heterocycles. The lowest BCUT2D eigenvalue weighted by Crippen LogP contribution is -2.07. The monoisotopic (exact) mass is 356 g/mol. The number of benzene rings is 2. The van der Waals surface area contributed by atoms with E-state index < -0.39 is 5.97 Å². The van der Waals surface area contributed by atoms with Gasteiger partial charge in [-0.25, -0.2) is 9.78 Å². The molecule has 0 spiro atoms. The molecule has 4 heteroatoms. The van der Waals surface area contributed by atoms with Gasteiger partial charge in [-0.2, -0.15) is 0 Å². The Morgan fingerprint density at radius 2 is 1.81 bits per heavy atom. The Morgan fingerprint density at radius 1 is 1.00 bits per heavy atom. The van der Waals surface area contributed by atoms with Crippen molar-refractivity contribution in [3.63, 3.8) is 0 Å². The molecule has 2 heterocycles. The van der Waals surface area contributed by atoms with Gasteiger partial charge in [-0.05, 0) is 47.9 Å². The molecule has 0 radical (unpaired) electrons. The molecule has 0 amide bonds. The molecule has 2 aromatic heterocycles. The highest BCUT2D eigenvalue weighted by atomic mass is 16.4. The lowest BCUT2D eigenvalue weighted by molar-refractivity contribution is 0.0690. The number of hydrogen-bond acceptors (Lipinski definition) is 2. The summed E-state index contributed by atoms with van der Waals surface area (Å²) < 4.78 is 2.21. The minimum absolute atomic E-state index is 0.0680. The number of aromatic nitrogens is 2. The number of aryl methyl sites for hydroxylation is 1. The smallest absolute Gasteiger partial charge is 0.354 e. The average Bonchev–Trinajstić information content (AvgIpc) is 3.06. The molecule has 0 aliphatic rings. The van der Waals surface area contributed by atoms with Gasteiger partial charge >= 0.3 is 5.97 Å². The van der Waals surface area contributed by atoms with E-state index in [4.69, 9.17) is 0 Å². The van der Waals surface area contributed by atoms with Crippen LogP contribution in [-0.2, 0) is 13.0 Å². The first-order valence-corrected chi connectivity index (χ1v) is 9.02. The fourth-order valence-corrected chi connectivity index (χ4v) is 3.41. The molecule has 27 heavy (non-hydrogen) atoms. The van der Waals surface area contributed by atoms with E-state index in [1.54, 1.807) is 6.07 Å². The van der Waals surface area contributed by atoms with E-state index in [1.807, 2.05) is 24.3 Å². The van der Waals surface area contributed by atoms with Crippen LogP contribution in [0.15, 0.2) is 72.8 Å². The maximum atomic E-state index is 11.3. The Labute approximate surface area is 157 Å². The number of aromatic carboxylic acids is 1. The second-order valence-corrected chi connectivity index (χ2v) is 6.55. The molecule has 0 bridgehead atoms. The molecule has 0 aliphatic carbocycles. The van der Waals surface area contributed by atoms with Crippen LogP contribution in [0.3, 0.4) is 0 Å². The lowest BCUT2D eigenvalue weighted by atomic mass is 10.1. The van der Waals surface area contributed by atoms with Gasteiger partial charge in [-0.15, -0.1) is 0 Å². The minimum Gasteiger partial charge on any atom is -0.477 e. The van der Waals surface area contributed by atoms with Gasteiger partial charge in [0, 0.05) is 16.6 Å². The third-order valence-electron chi connectivity index (χ3n) is 4.79. The van der Waals surface area contributed by atoms with Crippen molar-refractivity contribution in [3.05, 3.63) is 89.7 Å². The Hall–Kier alpha value is -3.40. The Bertz CT molecular complexity index is 1110. The highest BCUT2D eigenvalue weighted by Crippen LogP contribution is 2.30. The topological polar surface area (TPSA) is 55.1 Å². The molecule has 134 valence electrons. The maximum Gasteiger partial charge on any atom is 0.354 e. The van der Waals surface area contributed by atoms with E-state index in [0.29, 0.717) is 6.54 Å². The molecule has 4 aromatic rings. The van der Waals surface area contributed by atoms with E-state index in [-0.39, 0.29) is 5.69 Å². The first-order chi connectivity index (χ1) is 13.2. The lowest BCUT2D eigenvalue weighted by Gasteiger charge is -2.11. The zero-order chi connectivity index (χ0) is 18.8. The van der Waals surface area contributed by atoms with Crippen LogP contribution in [-0.4, -0.2) is 20.6 Å². The largest absolute Gasteiger partial charge is 0.477 e. The molecule has 0 atom stereocenters. The van der Waals surface area contributed by atoms with Crippen molar-refractivity contribution in [2.24, 2.45) is 0 Å². The molecule has 0 fully saturated rings. The summed E-state index contributed by atoms with van der Waals surface area (Å²) in [6.07, 6.45) is 0.990. The number of carboxylic acid groups (broad SMARTS) is 1. The summed E-state index contributed by atoms with van der Waals surface area (Å²) in [5, 5.41) is 10.4. The summed E-state index contributed by atoms with van der Waals surface area (Å²) >= 11 is 0. The van der Waals surface area contributed by atoms with Crippen molar-refractivity contribution in [3.8, 4) is 11.3 Å². The summed E-state index contributed by atoms with van der Waals surface area (Å²) in [4.78, 5) is 15.6. The van der Waals surface area contributed by atoms with Gasteiger partial charge < -0.3 is 9.67 Å². The molecule has 4 rings (SSSR count). The predicted molar refractivity (Wildman–Crippen MR) is 107 cm³/mol. The third kappa shape index (κ3) is 3.34. The highest BCUT2D eigenvalue weighted by Gasteiger charge is 2.13. The molecule has 4 nitrogen and oxygen atoms in total. The quantitative estimate of drug-likeness (QED) is 0.547. The van der Waals surface area contributed by atoms with Crippen LogP contribution in [0.4, 0.5) is 0 Å². The summed E-state index contributed by atoms with van der Waals surface area (Å²) in [5.74, 6) is -1.01. The molecule has 1 N–H and O–H groups in total. The number of hydrogen-bond donors (Lipinski definition) is 1. The zero-order valence-corrected chi connectivity index (χ0v) is 15.1. The van der Waals surface area contributed by atoms with Gasteiger partial charge in [0.25, 0.3) is 0 Å². The third-order valence-corrected chi connectivity index (χ3v) is 4.79. The fourth-order valence-electron chi connectivity index (χ4n) is 3.41. The van der Waals surface area contributed by atoms with Gasteiger partial charge in [0.1, 0.15) is 5.69 Å². The Kier molecular flexibility index (Phi) is 4.47. The normalized spacial score (nSPS) is 11.0. The molecule has 0 saturated carbocycles. The highest BCUT2D eigenvalue weighted by molar-refractivity contribution is 5.88. The zero-order valence-electron chi connectivity index (χ0n) is 15.1. The number of carboxylic acids is 1. The number of fused-ring (bicyclic) bond motifs is 1. The van der Waals surface area contributed by atoms with Crippen molar-refractivity contribution in [2.45, 2.75) is 19.9 Å². The summed E-state index contributed by atoms with van der Waals surface area (Å²) in [6.45, 7) is 2.66. The predicted octanol–water partition coefficient (Wildman–Crippen LogP) is 5.01. The standard InChI is InChI=1S/C23H20N2O2/c1-2-16-11-12-21-18(13-16)14-22(17-7-4-3-5-8-17)25(21)15-19-9-6-10-20(24-19)23(26)27/h3-14H,2,15H2,1H3,(H,26,27). The van der Waals surface area contributed by atoms with E-state index in [1.165, 1.54) is 17.0 Å². The van der Waals surface area contributed by atoms with Crippen molar-refractivity contribution in [1.82, 2.24) is 9.55 Å². The Morgan fingerprint density at radius 3 is 2.56 bits per heavy atom. The van der Waals surface area contributed by atoms with Crippen molar-refractivity contribution >= 4 is 16.9 Å². The van der Waals surface area contributed by atoms with Gasteiger partial charge in [0.05, 0.1) is 12.2 Å². The van der Waals surface area contributed by atoms with Gasteiger partial charge in [-0.1, -0.05) is 49.4 Å². The second-order valence-electron chi connectivity index (χ2n) is 6.55. The summed E-state index contributed by atoms with van der Waals surface area (Å²) in [7, 11) is 0. The van der Waals surface area contributed by atoms with Crippen LogP contribution in [0.2, 0.25) is 0 Å². The fraction of sp³-hybridized carbons (Fsp3) is 0.130. The molecular formula is C23H20N2O2. The molecule has 2 aromatic carbocycles. The average molecular weight is 356 g/mol. The van der Waals surface area contributed by atoms with Crippen molar-refractivity contribution in [2.75, 3.05) is 0 Å². The van der Waals surface area contributed by atoms with E-state index in [9.17, 15) is 9.90 Å². The van der Waals surface area contributed by atoms with E-state index >= 15 is 0 Å². The summed E-state index contributed by atoms with van der Waals surface area (Å²) in [5.41, 5.74) is 5.43. The molecule has 0 saturated heterocycles. The van der Waals surface area contributed by atoms with Crippen LogP contribution in [0.25, 0.3) is 22.2 Å². The van der Waals surface area contributed by atoms with Gasteiger partial charge in [0.15, 0.2) is 0 Å². The minimum atomic E-state index is -1.01. The SMILES string of the molecule is CCc1ccc2c(c1)cc(-c1ccccc1)n2Cc1cccc(C(=O)O)n1. The van der Waals surface area contributed by atoms with Gasteiger partial charge in [0.2, 0.25) is 0 Å². The second kappa shape index (κ2) is 7.08. The van der Waals surface area contributed by atoms with Crippen molar-refractivity contribution in [1.29, 1.82) is 0 Å². The first kappa shape index (κ1) is 17.0. The van der Waals surface area contributed by atoms with Crippen LogP contribution in [0.1, 0.15) is 28.7 Å². The van der Waals surface area contributed by atoms with E-state index in [0.717, 1.165) is 28.9 Å². The maximum absolute atomic E-state index is 11.3. The number of nitrogens with zero attached hydrogens (tertiary/aromatic N) is 2. The van der Waals surface area contributed by atoms with Crippen LogP contribution >= 0.6 is 0 Å². The summed E-state index contributed by atoms with van der Waals surface area (Å²) in [6, 6.07) is 24.1. The number of pyridine rings is 1. The number of carbonyl (C=O) groups is 1. The van der Waals surface area contributed by atoms with Gasteiger partial charge in [-0.3, -0.25) is 0 Å². The van der Waals surface area contributed by atoms with Crippen LogP contribution in [0, 0.1) is 0 Å². The first-order valence-electron chi connectivity index (χ1n) is 9.02. The Balaban J connectivity index is 1.87. The van der Waals surface area contributed by atoms with Crippen LogP contribution < -0.4 is 0 Å². The number of rotatable bonds is 5. The van der Waals surface area contributed by atoms with Crippen LogP contribution in [0.5, 0.6) is 0 Å². The molecular weight excluding hydrogens is 336 g/mol. The van der Waals surface area contributed by atoms with Crippen molar-refractivity contribution < 1.29 is 9.90 Å². The molecule has 0 unspecified atom stereocenters.